The van der Waals surface area contributed by atoms with Gasteiger partial charge in [-0.25, -0.2) is 9.78 Å². The zero-order valence-corrected chi connectivity index (χ0v) is 23.2. The summed E-state index contributed by atoms with van der Waals surface area (Å²) in [6.07, 6.45) is 0. The van der Waals surface area contributed by atoms with Crippen LogP contribution in [0.25, 0.3) is 0 Å². The highest BCUT2D eigenvalue weighted by Crippen LogP contribution is 2.43. The van der Waals surface area contributed by atoms with Crippen molar-refractivity contribution >= 4 is 29.2 Å². The van der Waals surface area contributed by atoms with Crippen molar-refractivity contribution in [3.05, 3.63) is 46.3 Å². The van der Waals surface area contributed by atoms with Gasteiger partial charge < -0.3 is 29.7 Å². The Morgan fingerprint density at radius 1 is 1.26 bits per heavy atom. The molecule has 11 nitrogen and oxygen atoms in total. The highest BCUT2D eigenvalue weighted by Gasteiger charge is 2.34. The molecule has 2 aliphatic heterocycles. The quantitative estimate of drug-likeness (QED) is 0.433. The van der Waals surface area contributed by atoms with E-state index < -0.39 is 17.9 Å². The van der Waals surface area contributed by atoms with Crippen LogP contribution >= 0.6 is 0 Å². The number of nitrogens with one attached hydrogen (secondary N) is 2. The first kappa shape index (κ1) is 27.9. The maximum atomic E-state index is 13.6. The second-order valence-corrected chi connectivity index (χ2v) is 10.7. The van der Waals surface area contributed by atoms with Gasteiger partial charge in [0.15, 0.2) is 17.2 Å². The standard InChI is InChI=1S/C28H35N5O6/c1-7-38-21-12-17-13-32(25(29)22(17)31-23(21)26(35)30-6)14-20(34)16-10-18(28(3,4)5)24-19(11-16)33(8-9-39-24)15(2)27(36)37/h10-12,15,29H,7-9,13-14H2,1-6H3,(H,30,35)(H,36,37). The average Bonchev–Trinajstić information content (AvgIpc) is 3.19. The topological polar surface area (TPSA) is 145 Å². The van der Waals surface area contributed by atoms with Crippen LogP contribution in [0.5, 0.6) is 11.5 Å². The van der Waals surface area contributed by atoms with E-state index in [0.717, 1.165) is 5.56 Å². The van der Waals surface area contributed by atoms with E-state index in [1.807, 2.05) is 27.7 Å². The van der Waals surface area contributed by atoms with Crippen molar-refractivity contribution in [3.8, 4) is 11.5 Å². The number of aromatic nitrogens is 1. The highest BCUT2D eigenvalue weighted by atomic mass is 16.5. The third-order valence-electron chi connectivity index (χ3n) is 6.96. The van der Waals surface area contributed by atoms with E-state index in [1.165, 1.54) is 7.05 Å². The molecule has 2 aliphatic rings. The number of aliphatic carboxylic acids is 1. The SMILES string of the molecule is CCOc1cc2c(nc1C(=O)NC)C(=N)N(CC(=O)c1cc3c(c(C(C)(C)C)c1)OCCN3C(C)C(=O)O)C2. The normalized spacial score (nSPS) is 15.3. The Hall–Kier alpha value is -4.15. The monoisotopic (exact) mass is 537 g/mol. The van der Waals surface area contributed by atoms with E-state index in [4.69, 9.17) is 14.9 Å². The number of carboxylic acid groups (broad SMARTS) is 1. The molecule has 0 aliphatic carbocycles. The summed E-state index contributed by atoms with van der Waals surface area (Å²) in [4.78, 5) is 45.6. The number of hydrogen-bond donors (Lipinski definition) is 3. The molecule has 11 heteroatoms. The summed E-state index contributed by atoms with van der Waals surface area (Å²) < 4.78 is 11.6. The average molecular weight is 538 g/mol. The van der Waals surface area contributed by atoms with Gasteiger partial charge in [0.1, 0.15) is 29.9 Å². The highest BCUT2D eigenvalue weighted by molar-refractivity contribution is 6.06. The van der Waals surface area contributed by atoms with Crippen molar-refractivity contribution in [3.63, 3.8) is 0 Å². The summed E-state index contributed by atoms with van der Waals surface area (Å²) in [6.45, 7) is 10.7. The number of fused-ring (bicyclic) bond motifs is 2. The summed E-state index contributed by atoms with van der Waals surface area (Å²) in [5.41, 5.74) is 2.54. The van der Waals surface area contributed by atoms with Gasteiger partial charge in [0.05, 0.1) is 25.4 Å². The van der Waals surface area contributed by atoms with Gasteiger partial charge in [-0.2, -0.15) is 0 Å². The summed E-state index contributed by atoms with van der Waals surface area (Å²) in [7, 11) is 1.50. The number of ether oxygens (including phenoxy) is 2. The first-order chi connectivity index (χ1) is 18.4. The molecule has 4 rings (SSSR count). The van der Waals surface area contributed by atoms with Gasteiger partial charge in [-0.05, 0) is 37.5 Å². The van der Waals surface area contributed by atoms with Gasteiger partial charge in [0.2, 0.25) is 0 Å². The van der Waals surface area contributed by atoms with E-state index >= 15 is 0 Å². The van der Waals surface area contributed by atoms with Crippen LogP contribution in [0.2, 0.25) is 0 Å². The van der Waals surface area contributed by atoms with Crippen LogP contribution < -0.4 is 19.7 Å². The molecule has 0 radical (unpaired) electrons. The second kappa shape index (κ2) is 10.5. The number of amides is 1. The van der Waals surface area contributed by atoms with Crippen LogP contribution in [-0.4, -0.2) is 77.9 Å². The predicted molar refractivity (Wildman–Crippen MR) is 145 cm³/mol. The van der Waals surface area contributed by atoms with Crippen LogP contribution in [0.3, 0.4) is 0 Å². The van der Waals surface area contributed by atoms with Gasteiger partial charge in [0, 0.05) is 30.3 Å². The summed E-state index contributed by atoms with van der Waals surface area (Å²) in [6, 6.07) is 4.40. The Kier molecular flexibility index (Phi) is 7.54. The third-order valence-corrected chi connectivity index (χ3v) is 6.96. The molecule has 3 N–H and O–H groups in total. The molecule has 0 bridgehead atoms. The molecule has 0 saturated heterocycles. The fourth-order valence-electron chi connectivity index (χ4n) is 4.84. The van der Waals surface area contributed by atoms with Gasteiger partial charge in [-0.3, -0.25) is 15.0 Å². The smallest absolute Gasteiger partial charge is 0.326 e. The molecule has 3 heterocycles. The first-order valence-electron chi connectivity index (χ1n) is 12.9. The molecule has 0 saturated carbocycles. The fourth-order valence-corrected chi connectivity index (χ4v) is 4.84. The lowest BCUT2D eigenvalue weighted by atomic mass is 9.84. The molecule has 1 unspecified atom stereocenters. The van der Waals surface area contributed by atoms with Crippen LogP contribution in [0.1, 0.15) is 72.3 Å². The molecule has 208 valence electrons. The first-order valence-corrected chi connectivity index (χ1v) is 12.9. The molecule has 0 spiro atoms. The number of amidine groups is 1. The van der Waals surface area contributed by atoms with E-state index in [0.29, 0.717) is 53.8 Å². The van der Waals surface area contributed by atoms with E-state index in [-0.39, 0.29) is 35.8 Å². The van der Waals surface area contributed by atoms with Gasteiger partial charge in [-0.1, -0.05) is 20.8 Å². The Morgan fingerprint density at radius 3 is 2.59 bits per heavy atom. The summed E-state index contributed by atoms with van der Waals surface area (Å²) >= 11 is 0. The largest absolute Gasteiger partial charge is 0.491 e. The number of carboxylic acids is 1. The minimum absolute atomic E-state index is 0.0463. The number of hydrogen-bond acceptors (Lipinski definition) is 8. The van der Waals surface area contributed by atoms with Crippen molar-refractivity contribution in [2.75, 3.05) is 38.3 Å². The molecule has 1 aromatic carbocycles. The third kappa shape index (κ3) is 5.25. The number of anilines is 1. The Balaban J connectivity index is 1.68. The number of ketones is 1. The number of Topliss-reactive ketones (excluding diaryl/α,β-unsaturated/α-hetero) is 1. The van der Waals surface area contributed by atoms with E-state index in [9.17, 15) is 19.5 Å². The van der Waals surface area contributed by atoms with Crippen molar-refractivity contribution in [2.45, 2.75) is 52.6 Å². The van der Waals surface area contributed by atoms with Crippen molar-refractivity contribution < 1.29 is 29.0 Å². The van der Waals surface area contributed by atoms with Gasteiger partial charge >= 0.3 is 5.97 Å². The van der Waals surface area contributed by atoms with E-state index in [2.05, 4.69) is 10.3 Å². The molecule has 39 heavy (non-hydrogen) atoms. The van der Waals surface area contributed by atoms with Crippen LogP contribution in [-0.2, 0) is 16.8 Å². The van der Waals surface area contributed by atoms with Crippen molar-refractivity contribution in [1.82, 2.24) is 15.2 Å². The minimum atomic E-state index is -0.963. The maximum absolute atomic E-state index is 13.6. The molecule has 1 aromatic heterocycles. The lowest BCUT2D eigenvalue weighted by molar-refractivity contribution is -0.138. The Labute approximate surface area is 227 Å². The van der Waals surface area contributed by atoms with Gasteiger partial charge in [0.25, 0.3) is 5.91 Å². The molecule has 1 amide bonds. The fraction of sp³-hybridized carbons (Fsp3) is 0.464. The zero-order chi connectivity index (χ0) is 28.6. The van der Waals surface area contributed by atoms with Crippen LogP contribution in [0.15, 0.2) is 18.2 Å². The molecular weight excluding hydrogens is 502 g/mol. The molecule has 1 atom stereocenters. The minimum Gasteiger partial charge on any atom is -0.491 e. The summed E-state index contributed by atoms with van der Waals surface area (Å²) in [5, 5.41) is 20.9. The number of carbonyl (C=O) groups excluding carboxylic acids is 2. The lowest BCUT2D eigenvalue weighted by Crippen LogP contribution is -2.44. The summed E-state index contributed by atoms with van der Waals surface area (Å²) in [5.74, 6) is -0.649. The number of carbonyl (C=O) groups is 3. The second-order valence-electron chi connectivity index (χ2n) is 10.7. The van der Waals surface area contributed by atoms with Crippen molar-refractivity contribution in [2.24, 2.45) is 0 Å². The van der Waals surface area contributed by atoms with Gasteiger partial charge in [-0.15, -0.1) is 0 Å². The Morgan fingerprint density at radius 2 is 1.97 bits per heavy atom. The van der Waals surface area contributed by atoms with E-state index in [1.54, 1.807) is 34.9 Å². The van der Waals surface area contributed by atoms with Crippen LogP contribution in [0.4, 0.5) is 5.69 Å². The maximum Gasteiger partial charge on any atom is 0.326 e. The number of rotatable bonds is 8. The lowest BCUT2D eigenvalue weighted by Gasteiger charge is -2.37. The number of benzene rings is 1. The molecular formula is C28H35N5O6. The van der Waals surface area contributed by atoms with Crippen LogP contribution in [0, 0.1) is 5.41 Å². The predicted octanol–water partition coefficient (Wildman–Crippen LogP) is 2.83. The molecule has 2 aromatic rings. The Bertz CT molecular complexity index is 1350. The number of pyridine rings is 1. The van der Waals surface area contributed by atoms with Crippen molar-refractivity contribution in [1.29, 1.82) is 5.41 Å². The number of nitrogens with zero attached hydrogens (tertiary/aromatic N) is 3. The zero-order valence-electron chi connectivity index (χ0n) is 23.2. The molecule has 0 fully saturated rings.